The highest BCUT2D eigenvalue weighted by molar-refractivity contribution is 6.09. The SMILES string of the molecule is COc1cccc(NC(=O)/C(C#N)=C/c2ccc(OCC(=O)NC[C@@H]3CCCO3)cc2)c1. The van der Waals surface area contributed by atoms with Crippen LogP contribution in [0.15, 0.2) is 54.1 Å². The summed E-state index contributed by atoms with van der Waals surface area (Å²) in [5.74, 6) is 0.365. The van der Waals surface area contributed by atoms with E-state index in [1.807, 2.05) is 6.07 Å². The molecule has 32 heavy (non-hydrogen) atoms. The zero-order chi connectivity index (χ0) is 22.8. The van der Waals surface area contributed by atoms with E-state index in [0.717, 1.165) is 19.4 Å². The van der Waals surface area contributed by atoms with Crippen LogP contribution in [0.2, 0.25) is 0 Å². The van der Waals surface area contributed by atoms with Crippen LogP contribution in [-0.2, 0) is 14.3 Å². The maximum Gasteiger partial charge on any atom is 0.266 e. The van der Waals surface area contributed by atoms with Gasteiger partial charge in [-0.05, 0) is 48.7 Å². The van der Waals surface area contributed by atoms with Crippen molar-refractivity contribution in [3.05, 3.63) is 59.7 Å². The number of nitrogens with zero attached hydrogens (tertiary/aromatic N) is 1. The minimum absolute atomic E-state index is 0.0463. The van der Waals surface area contributed by atoms with Crippen LogP contribution in [0.25, 0.3) is 6.08 Å². The summed E-state index contributed by atoms with van der Waals surface area (Å²) in [6.07, 6.45) is 3.54. The van der Waals surface area contributed by atoms with Crippen molar-refractivity contribution in [3.63, 3.8) is 0 Å². The third-order valence-corrected chi connectivity index (χ3v) is 4.80. The highest BCUT2D eigenvalue weighted by Gasteiger charge is 2.16. The Morgan fingerprint density at radius 3 is 2.72 bits per heavy atom. The van der Waals surface area contributed by atoms with Gasteiger partial charge < -0.3 is 24.8 Å². The fourth-order valence-electron chi connectivity index (χ4n) is 3.11. The second-order valence-electron chi connectivity index (χ2n) is 7.15. The fraction of sp³-hybridized carbons (Fsp3) is 0.292. The molecule has 8 nitrogen and oxygen atoms in total. The molecule has 0 aliphatic carbocycles. The van der Waals surface area contributed by atoms with Gasteiger partial charge in [0.25, 0.3) is 11.8 Å². The first-order valence-electron chi connectivity index (χ1n) is 10.3. The molecule has 0 spiro atoms. The lowest BCUT2D eigenvalue weighted by molar-refractivity contribution is -0.123. The molecule has 8 heteroatoms. The lowest BCUT2D eigenvalue weighted by Crippen LogP contribution is -2.35. The predicted molar refractivity (Wildman–Crippen MR) is 119 cm³/mol. The van der Waals surface area contributed by atoms with Crippen LogP contribution < -0.4 is 20.1 Å². The van der Waals surface area contributed by atoms with Crippen molar-refractivity contribution in [3.8, 4) is 17.6 Å². The van der Waals surface area contributed by atoms with Crippen molar-refractivity contribution in [2.45, 2.75) is 18.9 Å². The van der Waals surface area contributed by atoms with E-state index >= 15 is 0 Å². The molecule has 2 N–H and O–H groups in total. The number of anilines is 1. The van der Waals surface area contributed by atoms with Crippen molar-refractivity contribution in [1.82, 2.24) is 5.32 Å². The van der Waals surface area contributed by atoms with Crippen LogP contribution >= 0.6 is 0 Å². The molecule has 0 aromatic heterocycles. The van der Waals surface area contributed by atoms with Gasteiger partial charge in [-0.3, -0.25) is 9.59 Å². The molecule has 1 aliphatic rings. The number of benzene rings is 2. The first-order chi connectivity index (χ1) is 15.6. The fourth-order valence-corrected chi connectivity index (χ4v) is 3.11. The van der Waals surface area contributed by atoms with Crippen LogP contribution in [0.5, 0.6) is 11.5 Å². The number of ether oxygens (including phenoxy) is 3. The van der Waals surface area contributed by atoms with E-state index in [1.165, 1.54) is 13.2 Å². The first kappa shape index (κ1) is 22.8. The van der Waals surface area contributed by atoms with Gasteiger partial charge in [-0.1, -0.05) is 18.2 Å². The van der Waals surface area contributed by atoms with Gasteiger partial charge in [0.1, 0.15) is 23.1 Å². The minimum Gasteiger partial charge on any atom is -0.497 e. The Hall–Kier alpha value is -3.83. The van der Waals surface area contributed by atoms with Crippen molar-refractivity contribution >= 4 is 23.6 Å². The largest absolute Gasteiger partial charge is 0.497 e. The second-order valence-corrected chi connectivity index (χ2v) is 7.15. The van der Waals surface area contributed by atoms with E-state index in [2.05, 4.69) is 10.6 Å². The molecule has 1 fully saturated rings. The van der Waals surface area contributed by atoms with E-state index < -0.39 is 5.91 Å². The van der Waals surface area contributed by atoms with Crippen molar-refractivity contribution < 1.29 is 23.8 Å². The summed E-state index contributed by atoms with van der Waals surface area (Å²) in [5, 5.41) is 14.9. The third kappa shape index (κ3) is 6.86. The maximum absolute atomic E-state index is 12.4. The molecule has 1 aliphatic heterocycles. The summed E-state index contributed by atoms with van der Waals surface area (Å²) < 4.78 is 16.1. The number of amides is 2. The summed E-state index contributed by atoms with van der Waals surface area (Å²) in [5.41, 5.74) is 1.13. The highest BCUT2D eigenvalue weighted by atomic mass is 16.5. The molecule has 0 bridgehead atoms. The van der Waals surface area contributed by atoms with E-state index in [0.29, 0.717) is 29.3 Å². The average Bonchev–Trinajstić information content (AvgIpc) is 3.34. The number of carbonyl (C=O) groups excluding carboxylic acids is 2. The summed E-state index contributed by atoms with van der Waals surface area (Å²) >= 11 is 0. The molecule has 166 valence electrons. The summed E-state index contributed by atoms with van der Waals surface area (Å²) in [6, 6.07) is 15.5. The van der Waals surface area contributed by atoms with Crippen molar-refractivity contribution in [1.29, 1.82) is 5.26 Å². The number of hydrogen-bond donors (Lipinski definition) is 2. The van der Waals surface area contributed by atoms with Crippen LogP contribution in [0.3, 0.4) is 0 Å². The third-order valence-electron chi connectivity index (χ3n) is 4.80. The van der Waals surface area contributed by atoms with Gasteiger partial charge in [0.05, 0.1) is 13.2 Å². The number of hydrogen-bond acceptors (Lipinski definition) is 6. The molecule has 2 aromatic carbocycles. The number of nitrogens with one attached hydrogen (secondary N) is 2. The van der Waals surface area contributed by atoms with Gasteiger partial charge in [-0.25, -0.2) is 0 Å². The predicted octanol–water partition coefficient (Wildman–Crippen LogP) is 2.91. The highest BCUT2D eigenvalue weighted by Crippen LogP contribution is 2.19. The Morgan fingerprint density at radius 1 is 1.22 bits per heavy atom. The van der Waals surface area contributed by atoms with E-state index in [1.54, 1.807) is 48.5 Å². The Kier molecular flexibility index (Phi) is 8.23. The Morgan fingerprint density at radius 2 is 2.03 bits per heavy atom. The number of nitriles is 1. The Labute approximate surface area is 186 Å². The first-order valence-corrected chi connectivity index (χ1v) is 10.3. The van der Waals surface area contributed by atoms with Gasteiger partial charge in [0.2, 0.25) is 0 Å². The van der Waals surface area contributed by atoms with Crippen LogP contribution in [0.1, 0.15) is 18.4 Å². The number of rotatable bonds is 9. The smallest absolute Gasteiger partial charge is 0.266 e. The molecular formula is C24H25N3O5. The lowest BCUT2D eigenvalue weighted by Gasteiger charge is -2.11. The molecule has 0 saturated carbocycles. The van der Waals surface area contributed by atoms with Crippen LogP contribution in [-0.4, -0.2) is 44.8 Å². The molecule has 1 atom stereocenters. The van der Waals surface area contributed by atoms with E-state index in [9.17, 15) is 14.9 Å². The summed E-state index contributed by atoms with van der Waals surface area (Å²) in [4.78, 5) is 24.3. The molecule has 2 aromatic rings. The van der Waals surface area contributed by atoms with Gasteiger partial charge in [-0.2, -0.15) is 5.26 Å². The lowest BCUT2D eigenvalue weighted by atomic mass is 10.1. The molecule has 1 heterocycles. The molecular weight excluding hydrogens is 410 g/mol. The number of methoxy groups -OCH3 is 1. The summed E-state index contributed by atoms with van der Waals surface area (Å²) in [7, 11) is 1.53. The average molecular weight is 435 g/mol. The molecule has 2 amide bonds. The Bertz CT molecular complexity index is 1010. The molecule has 0 unspecified atom stereocenters. The molecule has 0 radical (unpaired) electrons. The maximum atomic E-state index is 12.4. The topological polar surface area (TPSA) is 110 Å². The van der Waals surface area contributed by atoms with Gasteiger partial charge in [0.15, 0.2) is 6.61 Å². The second kappa shape index (κ2) is 11.5. The quantitative estimate of drug-likeness (QED) is 0.463. The minimum atomic E-state index is -0.524. The van der Waals surface area contributed by atoms with E-state index in [-0.39, 0.29) is 24.2 Å². The zero-order valence-electron chi connectivity index (χ0n) is 17.8. The summed E-state index contributed by atoms with van der Waals surface area (Å²) in [6.45, 7) is 1.13. The monoisotopic (exact) mass is 435 g/mol. The van der Waals surface area contributed by atoms with Crippen molar-refractivity contribution in [2.24, 2.45) is 0 Å². The normalized spacial score (nSPS) is 15.5. The van der Waals surface area contributed by atoms with Gasteiger partial charge in [-0.15, -0.1) is 0 Å². The van der Waals surface area contributed by atoms with Crippen LogP contribution in [0.4, 0.5) is 5.69 Å². The van der Waals surface area contributed by atoms with Crippen LogP contribution in [0, 0.1) is 11.3 Å². The van der Waals surface area contributed by atoms with Gasteiger partial charge in [0, 0.05) is 24.9 Å². The molecule has 3 rings (SSSR count). The van der Waals surface area contributed by atoms with Gasteiger partial charge >= 0.3 is 0 Å². The Balaban J connectivity index is 1.52. The standard InChI is InChI=1S/C24H25N3O5/c1-30-21-5-2-4-19(13-21)27-24(29)18(14-25)12-17-7-9-20(10-8-17)32-16-23(28)26-15-22-6-3-11-31-22/h2,4-5,7-10,12-13,22H,3,6,11,15-16H2,1H3,(H,26,28)(H,27,29)/b18-12+/t22-/m0/s1. The van der Waals surface area contributed by atoms with Crippen molar-refractivity contribution in [2.75, 3.05) is 32.2 Å². The molecule has 1 saturated heterocycles. The number of carbonyl (C=O) groups is 2. The van der Waals surface area contributed by atoms with E-state index in [4.69, 9.17) is 14.2 Å². The zero-order valence-corrected chi connectivity index (χ0v) is 17.8.